The molecular formula is C47H50IrN2-2. The minimum atomic E-state index is -0.124. The van der Waals surface area contributed by atoms with Crippen LogP contribution in [0.3, 0.4) is 0 Å². The van der Waals surface area contributed by atoms with Crippen molar-refractivity contribution in [2.24, 2.45) is 0 Å². The molecule has 2 nitrogen and oxygen atoms in total. The van der Waals surface area contributed by atoms with Crippen molar-refractivity contribution in [3.05, 3.63) is 143 Å². The summed E-state index contributed by atoms with van der Waals surface area (Å²) in [5.74, 6) is 0. The quantitative estimate of drug-likeness (QED) is 0.162. The van der Waals surface area contributed by atoms with Crippen molar-refractivity contribution in [3.8, 4) is 33.6 Å². The van der Waals surface area contributed by atoms with Crippen LogP contribution >= 0.6 is 0 Å². The molecule has 259 valence electrons. The molecule has 0 aliphatic heterocycles. The average Bonchev–Trinajstić information content (AvgIpc) is 3.31. The fourth-order valence-corrected chi connectivity index (χ4v) is 7.01. The third kappa shape index (κ3) is 7.27. The second-order valence-electron chi connectivity index (χ2n) is 17.1. The maximum absolute atomic E-state index is 4.87. The van der Waals surface area contributed by atoms with Crippen LogP contribution in [0.15, 0.2) is 103 Å². The topological polar surface area (TPSA) is 25.8 Å². The smallest absolute Gasteiger partial charge is 0.0167 e. The molecule has 0 spiro atoms. The monoisotopic (exact) mass is 835 g/mol. The summed E-state index contributed by atoms with van der Waals surface area (Å²) in [6.45, 7) is 24.8. The second-order valence-corrected chi connectivity index (χ2v) is 17.1. The predicted molar refractivity (Wildman–Crippen MR) is 208 cm³/mol. The Morgan fingerprint density at radius 2 is 1.08 bits per heavy atom. The number of pyridine rings is 2. The van der Waals surface area contributed by atoms with Gasteiger partial charge in [-0.3, -0.25) is 0 Å². The number of aromatic nitrogens is 2. The summed E-state index contributed by atoms with van der Waals surface area (Å²) in [5, 5.41) is 2.63. The molecule has 3 heteroatoms. The van der Waals surface area contributed by atoms with Crippen LogP contribution in [0.1, 0.15) is 104 Å². The molecule has 2 aromatic heterocycles. The van der Waals surface area contributed by atoms with Gasteiger partial charge in [0, 0.05) is 37.9 Å². The van der Waals surface area contributed by atoms with E-state index >= 15 is 0 Å². The van der Waals surface area contributed by atoms with E-state index in [0.717, 1.165) is 22.5 Å². The number of hydrogen-bond acceptors (Lipinski definition) is 2. The van der Waals surface area contributed by atoms with Gasteiger partial charge in [-0.2, -0.15) is 0 Å². The zero-order valence-corrected chi connectivity index (χ0v) is 33.9. The summed E-state index contributed by atoms with van der Waals surface area (Å²) in [6.07, 6.45) is 3.85. The first-order valence-electron chi connectivity index (χ1n) is 17.5. The molecule has 1 radical (unpaired) electrons. The van der Waals surface area contributed by atoms with Gasteiger partial charge in [-0.05, 0) is 78.4 Å². The van der Waals surface area contributed by atoms with E-state index in [4.69, 9.17) is 4.98 Å². The van der Waals surface area contributed by atoms with Gasteiger partial charge in [0.15, 0.2) is 0 Å². The fraction of sp³-hybridized carbons (Fsp3) is 0.319. The van der Waals surface area contributed by atoms with E-state index in [0.29, 0.717) is 0 Å². The van der Waals surface area contributed by atoms with E-state index in [-0.39, 0.29) is 41.8 Å². The zero-order chi connectivity index (χ0) is 35.4. The maximum atomic E-state index is 4.87. The molecule has 0 bridgehead atoms. The summed E-state index contributed by atoms with van der Waals surface area (Å²) in [7, 11) is 0. The second kappa shape index (κ2) is 13.7. The van der Waals surface area contributed by atoms with E-state index in [1.807, 2.05) is 24.5 Å². The molecule has 50 heavy (non-hydrogen) atoms. The summed E-state index contributed by atoms with van der Waals surface area (Å²) < 4.78 is 0. The van der Waals surface area contributed by atoms with Crippen LogP contribution in [0.4, 0.5) is 0 Å². The van der Waals surface area contributed by atoms with Gasteiger partial charge in [0.1, 0.15) is 0 Å². The first kappa shape index (κ1) is 37.3. The van der Waals surface area contributed by atoms with Gasteiger partial charge in [0.25, 0.3) is 0 Å². The predicted octanol–water partition coefficient (Wildman–Crippen LogP) is 12.4. The molecule has 0 saturated heterocycles. The largest absolute Gasteiger partial charge is 0.305 e. The van der Waals surface area contributed by atoms with Crippen LogP contribution in [-0.4, -0.2) is 9.97 Å². The standard InChI is InChI=1S/C28H26N.C19H24N.Ir/c1-27(2,3)20-11-8-10-19(17-20)26-25-23(15-16-29-26)22-14-13-18-9-6-7-12-21(18)24(22)28(25,4)5;1-18(2,3)15-9-7-8-14(12-15)17-13-16(10-11-20-17)19(4,5)6;/h6-9,11-17H,1-5H3;7,9-13H,1-6H3;/q2*-1;. The van der Waals surface area contributed by atoms with Crippen LogP contribution in [0.2, 0.25) is 0 Å². The number of hydrogen-bond donors (Lipinski definition) is 0. The van der Waals surface area contributed by atoms with Gasteiger partial charge in [0.05, 0.1) is 0 Å². The molecule has 1 aliphatic carbocycles. The Labute approximate surface area is 314 Å². The van der Waals surface area contributed by atoms with Gasteiger partial charge in [-0.25, -0.2) is 0 Å². The Bertz CT molecular complexity index is 2100. The minimum absolute atomic E-state index is 0. The first-order valence-corrected chi connectivity index (χ1v) is 17.5. The molecule has 4 aromatic carbocycles. The van der Waals surface area contributed by atoms with Crippen molar-refractivity contribution in [3.63, 3.8) is 0 Å². The molecule has 0 unspecified atom stereocenters. The Balaban J connectivity index is 0.000000204. The van der Waals surface area contributed by atoms with E-state index in [2.05, 4.69) is 172 Å². The molecule has 0 amide bonds. The van der Waals surface area contributed by atoms with Crippen molar-refractivity contribution < 1.29 is 20.1 Å². The van der Waals surface area contributed by atoms with E-state index in [1.54, 1.807) is 0 Å². The van der Waals surface area contributed by atoms with Crippen molar-refractivity contribution in [2.75, 3.05) is 0 Å². The van der Waals surface area contributed by atoms with Crippen LogP contribution < -0.4 is 0 Å². The number of benzene rings is 4. The van der Waals surface area contributed by atoms with Crippen LogP contribution in [0, 0.1) is 12.1 Å². The minimum Gasteiger partial charge on any atom is -0.305 e. The van der Waals surface area contributed by atoms with Gasteiger partial charge >= 0.3 is 0 Å². The molecule has 7 rings (SSSR count). The van der Waals surface area contributed by atoms with Gasteiger partial charge in [-0.15, -0.1) is 70.8 Å². The van der Waals surface area contributed by atoms with Gasteiger partial charge < -0.3 is 9.97 Å². The summed E-state index contributed by atoms with van der Waals surface area (Å²) in [6, 6.07) is 39.3. The third-order valence-electron chi connectivity index (χ3n) is 9.91. The Morgan fingerprint density at radius 3 is 1.72 bits per heavy atom. The summed E-state index contributed by atoms with van der Waals surface area (Å²) in [4.78, 5) is 9.39. The first-order chi connectivity index (χ1) is 23.0. The van der Waals surface area contributed by atoms with Crippen molar-refractivity contribution in [1.29, 1.82) is 0 Å². The number of nitrogens with zero attached hydrogens (tertiary/aromatic N) is 2. The number of rotatable bonds is 2. The van der Waals surface area contributed by atoms with Crippen LogP contribution in [0.5, 0.6) is 0 Å². The zero-order valence-electron chi connectivity index (χ0n) is 31.5. The average molecular weight is 835 g/mol. The van der Waals surface area contributed by atoms with Crippen molar-refractivity contribution >= 4 is 10.8 Å². The Kier molecular flexibility index (Phi) is 10.2. The maximum Gasteiger partial charge on any atom is 0.0167 e. The van der Waals surface area contributed by atoms with E-state index < -0.39 is 0 Å². The normalized spacial score (nSPS) is 13.5. The molecule has 2 heterocycles. The molecule has 6 aromatic rings. The van der Waals surface area contributed by atoms with Crippen molar-refractivity contribution in [1.82, 2.24) is 9.97 Å². The van der Waals surface area contributed by atoms with Gasteiger partial charge in [-0.1, -0.05) is 119 Å². The molecule has 0 N–H and O–H groups in total. The molecule has 0 saturated carbocycles. The number of fused-ring (bicyclic) bond motifs is 5. The third-order valence-corrected chi connectivity index (χ3v) is 9.91. The summed E-state index contributed by atoms with van der Waals surface area (Å²) in [5.41, 5.74) is 13.7. The van der Waals surface area contributed by atoms with Gasteiger partial charge in [0.2, 0.25) is 0 Å². The molecule has 0 atom stereocenters. The van der Waals surface area contributed by atoms with Crippen molar-refractivity contribution in [2.45, 2.75) is 97.8 Å². The SMILES string of the molecule is CC(C)(C)c1cc[c-]c(-c2cc(C(C)(C)C)ccn2)c1.CC(C)(C)c1cc[c-]c(-c2nccc3c2C(C)(C)c2c-3ccc3ccccc23)c1.[Ir]. The Hall–Kier alpha value is -3.91. The molecule has 1 aliphatic rings. The van der Waals surface area contributed by atoms with E-state index in [1.165, 1.54) is 49.7 Å². The van der Waals surface area contributed by atoms with Crippen LogP contribution in [0.25, 0.3) is 44.4 Å². The summed E-state index contributed by atoms with van der Waals surface area (Å²) >= 11 is 0. The van der Waals surface area contributed by atoms with Crippen LogP contribution in [-0.2, 0) is 41.8 Å². The Morgan fingerprint density at radius 1 is 0.540 bits per heavy atom. The van der Waals surface area contributed by atoms with E-state index in [9.17, 15) is 0 Å². The molecular weight excluding hydrogens is 785 g/mol. The fourth-order valence-electron chi connectivity index (χ4n) is 7.01. The molecule has 0 fully saturated rings.